The Morgan fingerprint density at radius 1 is 0.375 bits per heavy atom. The van der Waals surface area contributed by atoms with Crippen molar-refractivity contribution in [1.82, 2.24) is 34.9 Å². The number of aromatic amines is 1. The molecule has 12 rings (SSSR count). The Balaban J connectivity index is 1.25. The summed E-state index contributed by atoms with van der Waals surface area (Å²) in [5.74, 6) is 3.56. The standard InChI is InChI=1S/C48H26N7.Co/c1-2-10-28-18-36-26-50-44-38-20-30-12-4-6-14-32(30)22-40(38)46(52-44)54-48-42-24-34-16-8-7-15-33(34)23-41(42)47(55-48)53-45-39-21-31-13-5-3-11-29(31)19-37(39)43(51-45)49-25-35(36)17-27(28)9-1;/h1-25H,(H,49,51,52,53,54,55);/q-1;. The molecule has 8 aromatic carbocycles. The number of hydrogen-bond acceptors (Lipinski definition) is 6. The van der Waals surface area contributed by atoms with Gasteiger partial charge in [-0.1, -0.05) is 6.07 Å². The normalized spacial score (nSPS) is 12.0. The summed E-state index contributed by atoms with van der Waals surface area (Å²) in [4.78, 5) is 34.6. The van der Waals surface area contributed by atoms with Crippen LogP contribution in [-0.2, 0) is 15.3 Å². The van der Waals surface area contributed by atoms with Gasteiger partial charge in [-0.2, -0.15) is 0 Å². The van der Waals surface area contributed by atoms with Crippen molar-refractivity contribution in [3.8, 4) is 68.3 Å². The van der Waals surface area contributed by atoms with Crippen molar-refractivity contribution in [3.63, 3.8) is 0 Å². The molecule has 0 fully saturated rings. The van der Waals surface area contributed by atoms with E-state index in [1.165, 1.54) is 0 Å². The average molecular weight is 760 g/mol. The zero-order chi connectivity index (χ0) is 36.9. The number of aromatic nitrogens is 7. The van der Waals surface area contributed by atoms with Crippen molar-refractivity contribution in [1.29, 1.82) is 0 Å². The molecule has 3 aliphatic heterocycles. The van der Waals surface area contributed by atoms with Crippen LogP contribution in [0.1, 0.15) is 0 Å². The van der Waals surface area contributed by atoms with Crippen LogP contribution in [0.5, 0.6) is 0 Å². The fourth-order valence-corrected chi connectivity index (χ4v) is 8.43. The van der Waals surface area contributed by atoms with Crippen LogP contribution in [0.25, 0.3) is 122 Å². The molecule has 8 heteroatoms. The Kier molecular flexibility index (Phi) is 6.66. The Bertz CT molecular complexity index is 3530. The molecule has 4 heterocycles. The van der Waals surface area contributed by atoms with E-state index >= 15 is 0 Å². The van der Waals surface area contributed by atoms with Crippen LogP contribution in [0.2, 0.25) is 0 Å². The molecular weight excluding hydrogens is 734 g/mol. The third-order valence-corrected chi connectivity index (χ3v) is 11.3. The summed E-state index contributed by atoms with van der Waals surface area (Å²) in [5, 5.41) is 10.4. The van der Waals surface area contributed by atoms with Gasteiger partial charge in [0, 0.05) is 0 Å². The van der Waals surface area contributed by atoms with Crippen molar-refractivity contribution >= 4 is 53.9 Å². The first-order chi connectivity index (χ1) is 27.6. The van der Waals surface area contributed by atoms with Gasteiger partial charge in [0.15, 0.2) is 0 Å². The molecule has 6 bridgehead atoms. The third-order valence-electron chi connectivity index (χ3n) is 10.9. The second-order valence-corrected chi connectivity index (χ2v) is 14.7. The van der Waals surface area contributed by atoms with E-state index in [-0.39, 0.29) is 0 Å². The van der Waals surface area contributed by atoms with Gasteiger partial charge in [-0.3, -0.25) is 0 Å². The Hall–Kier alpha value is -7.13. The van der Waals surface area contributed by atoms with E-state index in [0.29, 0.717) is 39.2 Å². The summed E-state index contributed by atoms with van der Waals surface area (Å²) in [6.45, 7) is 0. The fourth-order valence-electron chi connectivity index (χ4n) is 8.10. The molecule has 0 atom stereocenters. The van der Waals surface area contributed by atoms with Gasteiger partial charge < -0.3 is 0 Å². The molecule has 0 saturated heterocycles. The molecule has 56 heavy (non-hydrogen) atoms. The van der Waals surface area contributed by atoms with Crippen LogP contribution in [0.3, 0.4) is 0 Å². The van der Waals surface area contributed by atoms with Crippen LogP contribution < -0.4 is 0 Å². The Morgan fingerprint density at radius 3 is 1.23 bits per heavy atom. The SMILES string of the molecule is [Co]=[c]1nc2nc([nH]c3nc(nc4nc(n[cH-]c5cc6ccccc6cc15)-c1cc5ccccc5cc1-4)-c1cc4ccccc4cc1-3)-c1cc3ccccc3cc1-2. The molecule has 9 aromatic rings. The summed E-state index contributed by atoms with van der Waals surface area (Å²) in [7, 11) is 0. The summed E-state index contributed by atoms with van der Waals surface area (Å²) in [6, 6.07) is 50.5. The molecule has 0 radical (unpaired) electrons. The van der Waals surface area contributed by atoms with E-state index in [9.17, 15) is 0 Å². The summed E-state index contributed by atoms with van der Waals surface area (Å²) in [6.07, 6.45) is 1.86. The van der Waals surface area contributed by atoms with Crippen LogP contribution in [0, 0.1) is 4.23 Å². The maximum atomic E-state index is 5.25. The number of nitrogens with one attached hydrogen (secondary N) is 1. The van der Waals surface area contributed by atoms with Crippen molar-refractivity contribution in [2.45, 2.75) is 0 Å². The van der Waals surface area contributed by atoms with E-state index in [1.807, 2.05) is 36.5 Å². The third kappa shape index (κ3) is 4.90. The molecule has 0 aliphatic carbocycles. The number of fused-ring (bicyclic) bond motifs is 20. The van der Waals surface area contributed by atoms with Crippen molar-refractivity contribution < 1.29 is 15.3 Å². The first-order valence-corrected chi connectivity index (χ1v) is 18.9. The minimum absolute atomic E-state index is 0.515. The predicted molar refractivity (Wildman–Crippen MR) is 220 cm³/mol. The quantitative estimate of drug-likeness (QED) is 0.155. The Morgan fingerprint density at radius 2 is 0.732 bits per heavy atom. The molecule has 1 N–H and O–H groups in total. The fraction of sp³-hybridized carbons (Fsp3) is 0. The van der Waals surface area contributed by atoms with Gasteiger partial charge in [-0.05, 0) is 0 Å². The van der Waals surface area contributed by atoms with Gasteiger partial charge in [0.1, 0.15) is 0 Å². The van der Waals surface area contributed by atoms with Gasteiger partial charge in [0.25, 0.3) is 0 Å². The first-order valence-electron chi connectivity index (χ1n) is 18.4. The van der Waals surface area contributed by atoms with E-state index < -0.39 is 0 Å². The average Bonchev–Trinajstić information content (AvgIpc) is 3.86. The molecule has 0 unspecified atom stereocenters. The second kappa shape index (κ2) is 11.9. The van der Waals surface area contributed by atoms with E-state index in [2.05, 4.69) is 120 Å². The minimum atomic E-state index is 0.515. The van der Waals surface area contributed by atoms with Crippen LogP contribution >= 0.6 is 0 Å². The van der Waals surface area contributed by atoms with E-state index in [0.717, 1.165) is 87.2 Å². The molecule has 263 valence electrons. The van der Waals surface area contributed by atoms with Crippen molar-refractivity contribution in [3.05, 3.63) is 156 Å². The molecular formula is C48H26CoN7-. The molecule has 1 aromatic heterocycles. The molecule has 0 saturated carbocycles. The Labute approximate surface area is 327 Å². The number of hydrogen-bond donors (Lipinski definition) is 1. The van der Waals surface area contributed by atoms with Gasteiger partial charge in [0.2, 0.25) is 0 Å². The van der Waals surface area contributed by atoms with Gasteiger partial charge in [0.05, 0.1) is 0 Å². The van der Waals surface area contributed by atoms with Crippen molar-refractivity contribution in [2.24, 2.45) is 0 Å². The van der Waals surface area contributed by atoms with E-state index in [1.54, 1.807) is 0 Å². The number of H-pyrrole nitrogens is 1. The molecule has 0 spiro atoms. The number of benzene rings is 8. The first kappa shape index (κ1) is 31.2. The molecule has 3 aliphatic rings. The second-order valence-electron chi connectivity index (χ2n) is 14.2. The monoisotopic (exact) mass is 759 g/mol. The number of rotatable bonds is 0. The van der Waals surface area contributed by atoms with E-state index in [4.69, 9.17) is 45.2 Å². The van der Waals surface area contributed by atoms with Gasteiger partial charge in [-0.25, -0.2) is 0 Å². The molecule has 7 nitrogen and oxygen atoms in total. The van der Waals surface area contributed by atoms with Crippen molar-refractivity contribution in [2.75, 3.05) is 0 Å². The maximum absolute atomic E-state index is 5.25. The summed E-state index contributed by atoms with van der Waals surface area (Å²) in [5.41, 5.74) is 5.49. The predicted octanol–water partition coefficient (Wildman–Crippen LogP) is 11.3. The molecule has 0 amide bonds. The number of nitrogens with zero attached hydrogens (tertiary/aromatic N) is 6. The zero-order valence-electron chi connectivity index (χ0n) is 29.5. The van der Waals surface area contributed by atoms with Crippen LogP contribution in [-0.4, -0.2) is 34.9 Å². The van der Waals surface area contributed by atoms with Gasteiger partial charge in [-0.15, -0.1) is 0 Å². The summed E-state index contributed by atoms with van der Waals surface area (Å²) >= 11 is 5.15. The topological polar surface area (TPSA) is 93.1 Å². The van der Waals surface area contributed by atoms with Crippen LogP contribution in [0.4, 0.5) is 0 Å². The van der Waals surface area contributed by atoms with Crippen LogP contribution in [0.15, 0.2) is 152 Å². The zero-order valence-corrected chi connectivity index (χ0v) is 30.5. The van der Waals surface area contributed by atoms with Gasteiger partial charge >= 0.3 is 322 Å². The summed E-state index contributed by atoms with van der Waals surface area (Å²) < 4.78 is 0.515.